The van der Waals surface area contributed by atoms with Crippen LogP contribution in [0.25, 0.3) is 0 Å². The molecule has 3 rings (SSSR count). The number of amides is 1. The van der Waals surface area contributed by atoms with Crippen molar-refractivity contribution in [2.24, 2.45) is 5.92 Å². The SMILES string of the molecule is O=C1C(=O)N(CCC2CC2)c2ccc(Cl)cc21. The van der Waals surface area contributed by atoms with Crippen molar-refractivity contribution in [3.05, 3.63) is 28.8 Å². The molecule has 1 fully saturated rings. The molecule has 1 amide bonds. The zero-order valence-corrected chi connectivity index (χ0v) is 10.0. The molecule has 88 valence electrons. The van der Waals surface area contributed by atoms with Crippen LogP contribution in [0.5, 0.6) is 0 Å². The van der Waals surface area contributed by atoms with Crippen molar-refractivity contribution in [1.29, 1.82) is 0 Å². The van der Waals surface area contributed by atoms with Gasteiger partial charge in [0.1, 0.15) is 0 Å². The molecule has 4 heteroatoms. The van der Waals surface area contributed by atoms with E-state index in [9.17, 15) is 9.59 Å². The van der Waals surface area contributed by atoms with E-state index < -0.39 is 11.7 Å². The zero-order valence-electron chi connectivity index (χ0n) is 9.28. The predicted molar refractivity (Wildman–Crippen MR) is 65.5 cm³/mol. The van der Waals surface area contributed by atoms with E-state index in [1.165, 1.54) is 12.8 Å². The number of rotatable bonds is 3. The van der Waals surface area contributed by atoms with Crippen molar-refractivity contribution in [3.8, 4) is 0 Å². The summed E-state index contributed by atoms with van der Waals surface area (Å²) in [6.07, 6.45) is 3.49. The lowest BCUT2D eigenvalue weighted by molar-refractivity contribution is -0.114. The van der Waals surface area contributed by atoms with Gasteiger partial charge in [-0.15, -0.1) is 0 Å². The van der Waals surface area contributed by atoms with Crippen LogP contribution < -0.4 is 4.90 Å². The van der Waals surface area contributed by atoms with Gasteiger partial charge >= 0.3 is 0 Å². The Kier molecular flexibility index (Phi) is 2.44. The van der Waals surface area contributed by atoms with E-state index in [1.807, 2.05) is 0 Å². The fourth-order valence-electron chi connectivity index (χ4n) is 2.21. The minimum atomic E-state index is -0.432. The summed E-state index contributed by atoms with van der Waals surface area (Å²) < 4.78 is 0. The number of halogens is 1. The number of fused-ring (bicyclic) bond motifs is 1. The molecule has 0 spiro atoms. The van der Waals surface area contributed by atoms with E-state index in [4.69, 9.17) is 11.6 Å². The van der Waals surface area contributed by atoms with Crippen LogP contribution in [-0.2, 0) is 4.79 Å². The number of nitrogens with zero attached hydrogens (tertiary/aromatic N) is 1. The molecule has 1 aromatic carbocycles. The molecule has 0 N–H and O–H groups in total. The summed E-state index contributed by atoms with van der Waals surface area (Å²) in [6, 6.07) is 5.05. The second-order valence-electron chi connectivity index (χ2n) is 4.68. The number of ketones is 1. The van der Waals surface area contributed by atoms with Gasteiger partial charge in [-0.3, -0.25) is 9.59 Å². The van der Waals surface area contributed by atoms with Crippen LogP contribution in [0.2, 0.25) is 5.02 Å². The third-order valence-corrected chi connectivity index (χ3v) is 3.63. The first kappa shape index (κ1) is 10.8. The van der Waals surface area contributed by atoms with Crippen LogP contribution in [0.3, 0.4) is 0 Å². The molecule has 0 saturated heterocycles. The molecule has 1 aromatic rings. The summed E-state index contributed by atoms with van der Waals surface area (Å²) >= 11 is 5.84. The van der Waals surface area contributed by atoms with E-state index in [0.29, 0.717) is 22.8 Å². The second kappa shape index (κ2) is 3.84. The first-order chi connectivity index (χ1) is 8.16. The van der Waals surface area contributed by atoms with Crippen LogP contribution in [0.4, 0.5) is 5.69 Å². The maximum Gasteiger partial charge on any atom is 0.299 e. The normalized spacial score (nSPS) is 18.8. The van der Waals surface area contributed by atoms with Crippen LogP contribution in [0.1, 0.15) is 29.6 Å². The molecule has 0 radical (unpaired) electrons. The number of hydrogen-bond acceptors (Lipinski definition) is 2. The fraction of sp³-hybridized carbons (Fsp3) is 0.385. The number of carbonyl (C=O) groups excluding carboxylic acids is 2. The highest BCUT2D eigenvalue weighted by atomic mass is 35.5. The fourth-order valence-corrected chi connectivity index (χ4v) is 2.38. The largest absolute Gasteiger partial charge is 0.305 e. The third kappa shape index (κ3) is 1.84. The lowest BCUT2D eigenvalue weighted by Crippen LogP contribution is -2.30. The lowest BCUT2D eigenvalue weighted by Gasteiger charge is -2.15. The Labute approximate surface area is 104 Å². The molecule has 1 aliphatic carbocycles. The summed E-state index contributed by atoms with van der Waals surface area (Å²) in [5, 5.41) is 0.494. The maximum absolute atomic E-state index is 11.8. The molecular weight excluding hydrogens is 238 g/mol. The molecule has 3 nitrogen and oxygen atoms in total. The lowest BCUT2D eigenvalue weighted by atomic mass is 10.1. The van der Waals surface area contributed by atoms with Gasteiger partial charge in [0, 0.05) is 11.6 Å². The molecule has 0 aromatic heterocycles. The van der Waals surface area contributed by atoms with Gasteiger partial charge in [0.25, 0.3) is 11.7 Å². The Morgan fingerprint density at radius 1 is 1.29 bits per heavy atom. The zero-order chi connectivity index (χ0) is 12.0. The van der Waals surface area contributed by atoms with E-state index in [1.54, 1.807) is 23.1 Å². The Morgan fingerprint density at radius 3 is 2.76 bits per heavy atom. The monoisotopic (exact) mass is 249 g/mol. The Hall–Kier alpha value is -1.35. The quantitative estimate of drug-likeness (QED) is 0.773. The highest BCUT2D eigenvalue weighted by molar-refractivity contribution is 6.52. The van der Waals surface area contributed by atoms with Crippen molar-refractivity contribution >= 4 is 29.0 Å². The summed E-state index contributed by atoms with van der Waals surface area (Å²) in [4.78, 5) is 25.2. The number of Topliss-reactive ketones (excluding diaryl/α,β-unsaturated/α-hetero) is 1. The second-order valence-corrected chi connectivity index (χ2v) is 5.12. The molecule has 2 aliphatic rings. The highest BCUT2D eigenvalue weighted by Gasteiger charge is 2.36. The van der Waals surface area contributed by atoms with Crippen LogP contribution in [-0.4, -0.2) is 18.2 Å². The van der Waals surface area contributed by atoms with Crippen LogP contribution in [0, 0.1) is 5.92 Å². The average molecular weight is 250 g/mol. The maximum atomic E-state index is 11.8. The topological polar surface area (TPSA) is 37.4 Å². The molecule has 0 atom stereocenters. The number of benzene rings is 1. The van der Waals surface area contributed by atoms with Gasteiger partial charge in [0.15, 0.2) is 0 Å². The minimum absolute atomic E-state index is 0.414. The third-order valence-electron chi connectivity index (χ3n) is 3.39. The van der Waals surface area contributed by atoms with Crippen molar-refractivity contribution < 1.29 is 9.59 Å². The molecule has 0 bridgehead atoms. The van der Waals surface area contributed by atoms with Crippen molar-refractivity contribution in [2.75, 3.05) is 11.4 Å². The van der Waals surface area contributed by atoms with E-state index in [-0.39, 0.29) is 0 Å². The number of carbonyl (C=O) groups is 2. The van der Waals surface area contributed by atoms with Gasteiger partial charge in [-0.2, -0.15) is 0 Å². The van der Waals surface area contributed by atoms with Gasteiger partial charge in [0.05, 0.1) is 11.3 Å². The number of hydrogen-bond donors (Lipinski definition) is 0. The minimum Gasteiger partial charge on any atom is -0.305 e. The van der Waals surface area contributed by atoms with Crippen molar-refractivity contribution in [2.45, 2.75) is 19.3 Å². The van der Waals surface area contributed by atoms with E-state index >= 15 is 0 Å². The smallest absolute Gasteiger partial charge is 0.299 e. The molecule has 1 heterocycles. The van der Waals surface area contributed by atoms with Crippen molar-refractivity contribution in [3.63, 3.8) is 0 Å². The van der Waals surface area contributed by atoms with Gasteiger partial charge < -0.3 is 4.90 Å². The summed E-state index contributed by atoms with van der Waals surface area (Å²) in [7, 11) is 0. The van der Waals surface area contributed by atoms with E-state index in [0.717, 1.165) is 12.3 Å². The molecule has 0 unspecified atom stereocenters. The van der Waals surface area contributed by atoms with Gasteiger partial charge in [-0.1, -0.05) is 24.4 Å². The Bertz CT molecular complexity index is 508. The summed E-state index contributed by atoms with van der Waals surface area (Å²) in [5.74, 6) is -0.101. The molecule has 1 saturated carbocycles. The molecular formula is C13H12ClNO2. The highest BCUT2D eigenvalue weighted by Crippen LogP contribution is 2.35. The number of anilines is 1. The van der Waals surface area contributed by atoms with Crippen LogP contribution >= 0.6 is 11.6 Å². The van der Waals surface area contributed by atoms with Gasteiger partial charge in [-0.05, 0) is 30.5 Å². The Morgan fingerprint density at radius 2 is 2.06 bits per heavy atom. The average Bonchev–Trinajstić information content (AvgIpc) is 3.10. The first-order valence-corrected chi connectivity index (χ1v) is 6.20. The summed E-state index contributed by atoms with van der Waals surface area (Å²) in [5.41, 5.74) is 1.16. The standard InChI is InChI=1S/C13H12ClNO2/c14-9-3-4-11-10(7-9)12(16)13(17)15(11)6-5-8-1-2-8/h3-4,7-8H,1-2,5-6H2. The first-order valence-electron chi connectivity index (χ1n) is 5.82. The van der Waals surface area contributed by atoms with Crippen LogP contribution in [0.15, 0.2) is 18.2 Å². The van der Waals surface area contributed by atoms with Crippen molar-refractivity contribution in [1.82, 2.24) is 0 Å². The van der Waals surface area contributed by atoms with Gasteiger partial charge in [-0.25, -0.2) is 0 Å². The predicted octanol–water partition coefficient (Wildman–Crippen LogP) is 2.67. The molecule has 1 aliphatic heterocycles. The van der Waals surface area contributed by atoms with Gasteiger partial charge in [0.2, 0.25) is 0 Å². The Balaban J connectivity index is 1.89. The van der Waals surface area contributed by atoms with E-state index in [2.05, 4.69) is 0 Å². The molecule has 17 heavy (non-hydrogen) atoms. The summed E-state index contributed by atoms with van der Waals surface area (Å²) in [6.45, 7) is 0.643.